The van der Waals surface area contributed by atoms with Crippen molar-refractivity contribution in [3.8, 4) is 6.07 Å². The molecule has 3 N–H and O–H groups in total. The van der Waals surface area contributed by atoms with Gasteiger partial charge in [0.15, 0.2) is 10.8 Å². The van der Waals surface area contributed by atoms with Gasteiger partial charge in [-0.1, -0.05) is 96.2 Å². The smallest absolute Gasteiger partial charge is 0.407 e. The van der Waals surface area contributed by atoms with E-state index in [-0.39, 0.29) is 23.7 Å². The number of β-lactam (4-membered cyclic amide) rings is 1. The molecule has 3 aromatic carbocycles. The first-order valence-electron chi connectivity index (χ1n) is 15.7. The second-order valence-electron chi connectivity index (χ2n) is 11.8. The number of nitriles is 1. The summed E-state index contributed by atoms with van der Waals surface area (Å²) in [5, 5.41) is 31.1. The fraction of sp³-hybridized carbons (Fsp3) is 0.222. The highest BCUT2D eigenvalue weighted by Crippen LogP contribution is 2.44. The molecule has 0 aliphatic carbocycles. The van der Waals surface area contributed by atoms with E-state index in [4.69, 9.17) is 5.26 Å². The average Bonchev–Trinajstić information content (AvgIpc) is 3.63. The number of carboxylic acids is 1. The standard InChI is InChI=1S/C36H30F2N6O5S3/c37-33(38)49-43-27(29(45)41-28-30(46)44-20-35(32(47)48,22-52-31(28)44)21-50-18-10-17-39)26-19-51-34(40-26)42-36(23-11-4-1-5-12-23,24-13-6-2-7-14-24)25-15-8-3-9-16-25/h1-16,18-19,28,31,33H,20-22H2,(H,40,42)(H,41,45)(H,47,48)/t28?,31-,35?/m1/s1. The van der Waals surface area contributed by atoms with Gasteiger partial charge in [-0.2, -0.15) is 14.0 Å². The van der Waals surface area contributed by atoms with E-state index in [0.717, 1.165) is 39.8 Å². The van der Waals surface area contributed by atoms with Crippen molar-refractivity contribution in [1.29, 1.82) is 5.26 Å². The number of nitrogens with zero attached hydrogens (tertiary/aromatic N) is 4. The van der Waals surface area contributed by atoms with Crippen molar-refractivity contribution in [2.45, 2.75) is 23.6 Å². The van der Waals surface area contributed by atoms with E-state index in [1.54, 1.807) is 0 Å². The molecular formula is C36H30F2N6O5S3. The van der Waals surface area contributed by atoms with Crippen molar-refractivity contribution < 1.29 is 33.1 Å². The minimum Gasteiger partial charge on any atom is -0.481 e. The number of nitrogens with one attached hydrogen (secondary N) is 2. The number of carboxylic acid groups (broad SMARTS) is 1. The van der Waals surface area contributed by atoms with E-state index in [9.17, 15) is 28.3 Å². The SMILES string of the molecule is N#CC=CSCC1(C(=O)O)CS[C@@H]2C(NC(=O)C(=NOC(F)F)c3csc(NC(c4ccccc4)(c4ccccc4)c4ccccc4)n3)C(=O)N2C1. The summed E-state index contributed by atoms with van der Waals surface area (Å²) in [4.78, 5) is 49.3. The summed E-state index contributed by atoms with van der Waals surface area (Å²) in [5.74, 6) is -2.31. The average molecular weight is 761 g/mol. The first kappa shape index (κ1) is 36.5. The lowest BCUT2D eigenvalue weighted by atomic mass is 9.77. The Morgan fingerprint density at radius 1 is 1.10 bits per heavy atom. The number of thioether (sulfide) groups is 2. The second-order valence-corrected chi connectivity index (χ2v) is 14.6. The molecule has 2 amide bonds. The predicted octanol–water partition coefficient (Wildman–Crippen LogP) is 5.73. The zero-order chi connectivity index (χ0) is 36.7. The van der Waals surface area contributed by atoms with Gasteiger partial charge in [0.25, 0.3) is 5.91 Å². The topological polar surface area (TPSA) is 157 Å². The molecule has 0 bridgehead atoms. The van der Waals surface area contributed by atoms with Crippen LogP contribution in [0.4, 0.5) is 13.9 Å². The lowest BCUT2D eigenvalue weighted by Gasteiger charge is -2.53. The molecule has 11 nitrogen and oxygen atoms in total. The van der Waals surface area contributed by atoms with Gasteiger partial charge in [-0.05, 0) is 22.1 Å². The Bertz CT molecular complexity index is 1920. The summed E-state index contributed by atoms with van der Waals surface area (Å²) in [6, 6.07) is 29.9. The van der Waals surface area contributed by atoms with E-state index in [1.807, 2.05) is 97.1 Å². The number of anilines is 1. The van der Waals surface area contributed by atoms with Crippen molar-refractivity contribution in [1.82, 2.24) is 15.2 Å². The number of allylic oxidation sites excluding steroid dienone is 1. The highest BCUT2D eigenvalue weighted by molar-refractivity contribution is 8.02. The van der Waals surface area contributed by atoms with Gasteiger partial charge in [-0.15, -0.1) is 34.9 Å². The Balaban J connectivity index is 1.26. The van der Waals surface area contributed by atoms with E-state index in [0.29, 0.717) is 5.13 Å². The minimum absolute atomic E-state index is 0.0685. The van der Waals surface area contributed by atoms with Crippen molar-refractivity contribution >= 4 is 63.5 Å². The number of amides is 2. The summed E-state index contributed by atoms with van der Waals surface area (Å²) >= 11 is 3.47. The van der Waals surface area contributed by atoms with Crippen molar-refractivity contribution in [3.63, 3.8) is 0 Å². The van der Waals surface area contributed by atoms with Crippen molar-refractivity contribution in [2.75, 3.05) is 23.4 Å². The number of carbonyl (C=O) groups is 3. The Morgan fingerprint density at radius 2 is 1.69 bits per heavy atom. The third kappa shape index (κ3) is 7.38. The van der Waals surface area contributed by atoms with Crippen LogP contribution in [-0.4, -0.2) is 74.6 Å². The highest BCUT2D eigenvalue weighted by Gasteiger charge is 2.57. The normalized spacial score (nSPS) is 20.2. The van der Waals surface area contributed by atoms with Gasteiger partial charge in [-0.3, -0.25) is 14.4 Å². The van der Waals surface area contributed by atoms with Gasteiger partial charge in [0.2, 0.25) is 5.91 Å². The van der Waals surface area contributed by atoms with Crippen LogP contribution in [0.5, 0.6) is 0 Å². The molecule has 2 aliphatic heterocycles. The number of hydrogen-bond acceptors (Lipinski definition) is 11. The molecule has 4 aromatic rings. The Hall–Kier alpha value is -5.24. The van der Waals surface area contributed by atoms with Crippen LogP contribution >= 0.6 is 34.9 Å². The number of aliphatic carboxylic acids is 1. The molecule has 266 valence electrons. The third-order valence-corrected chi connectivity index (χ3v) is 12.0. The van der Waals surface area contributed by atoms with Gasteiger partial charge >= 0.3 is 12.6 Å². The summed E-state index contributed by atoms with van der Waals surface area (Å²) in [7, 11) is 0. The van der Waals surface area contributed by atoms with E-state index < -0.39 is 52.5 Å². The van der Waals surface area contributed by atoms with Gasteiger partial charge in [0.05, 0.1) is 6.07 Å². The minimum atomic E-state index is -3.33. The number of oxime groups is 1. The number of rotatable bonds is 14. The zero-order valence-corrected chi connectivity index (χ0v) is 29.5. The molecule has 6 rings (SSSR count). The second kappa shape index (κ2) is 16.0. The first-order valence-corrected chi connectivity index (χ1v) is 18.7. The lowest BCUT2D eigenvalue weighted by molar-refractivity contribution is -0.157. The van der Waals surface area contributed by atoms with Crippen LogP contribution in [0.3, 0.4) is 0 Å². The van der Waals surface area contributed by atoms with Crippen LogP contribution in [0.15, 0.2) is 113 Å². The first-order chi connectivity index (χ1) is 25.2. The quantitative estimate of drug-likeness (QED) is 0.0477. The van der Waals surface area contributed by atoms with Crippen LogP contribution in [0.2, 0.25) is 0 Å². The molecule has 3 atom stereocenters. The number of benzene rings is 3. The number of hydrogen-bond donors (Lipinski definition) is 3. The molecule has 1 aromatic heterocycles. The van der Waals surface area contributed by atoms with Crippen LogP contribution in [-0.2, 0) is 24.8 Å². The van der Waals surface area contributed by atoms with Crippen LogP contribution in [0.1, 0.15) is 22.4 Å². The number of fused-ring (bicyclic) bond motifs is 1. The molecule has 2 fully saturated rings. The zero-order valence-electron chi connectivity index (χ0n) is 27.1. The molecular weight excluding hydrogens is 731 g/mol. The van der Waals surface area contributed by atoms with Gasteiger partial charge < -0.3 is 25.5 Å². The molecule has 2 saturated heterocycles. The van der Waals surface area contributed by atoms with Crippen LogP contribution < -0.4 is 10.6 Å². The number of alkyl halides is 2. The van der Waals surface area contributed by atoms with Crippen molar-refractivity contribution in [2.24, 2.45) is 10.6 Å². The fourth-order valence-corrected chi connectivity index (χ4v) is 9.39. The van der Waals surface area contributed by atoms with Crippen LogP contribution in [0.25, 0.3) is 0 Å². The van der Waals surface area contributed by atoms with Gasteiger partial charge in [-0.25, -0.2) is 4.98 Å². The molecule has 0 radical (unpaired) electrons. The van der Waals surface area contributed by atoms with E-state index in [1.165, 1.54) is 33.5 Å². The number of aromatic nitrogens is 1. The third-order valence-electron chi connectivity index (χ3n) is 8.58. The maximum atomic E-state index is 13.6. The summed E-state index contributed by atoms with van der Waals surface area (Å²) in [6.07, 6.45) is 1.24. The highest BCUT2D eigenvalue weighted by atomic mass is 32.2. The van der Waals surface area contributed by atoms with Gasteiger partial charge in [0, 0.05) is 29.5 Å². The lowest BCUT2D eigenvalue weighted by Crippen LogP contribution is -2.74. The Labute approximate surface area is 309 Å². The van der Waals surface area contributed by atoms with E-state index >= 15 is 0 Å². The maximum absolute atomic E-state index is 13.6. The Morgan fingerprint density at radius 3 is 2.23 bits per heavy atom. The number of carbonyl (C=O) groups excluding carboxylic acids is 2. The van der Waals surface area contributed by atoms with Crippen LogP contribution in [0, 0.1) is 16.7 Å². The summed E-state index contributed by atoms with van der Waals surface area (Å²) in [5.41, 5.74) is -0.208. The van der Waals surface area contributed by atoms with E-state index in [2.05, 4.69) is 25.6 Å². The largest absolute Gasteiger partial charge is 0.481 e. The molecule has 2 unspecified atom stereocenters. The van der Waals surface area contributed by atoms with Gasteiger partial charge in [0.1, 0.15) is 28.1 Å². The molecule has 16 heteroatoms. The molecule has 0 spiro atoms. The number of halogens is 2. The maximum Gasteiger partial charge on any atom is 0.407 e. The predicted molar refractivity (Wildman–Crippen MR) is 196 cm³/mol. The summed E-state index contributed by atoms with van der Waals surface area (Å²) < 4.78 is 26.5. The molecule has 3 heterocycles. The monoisotopic (exact) mass is 760 g/mol. The molecule has 52 heavy (non-hydrogen) atoms. The molecule has 0 saturated carbocycles. The summed E-state index contributed by atoms with van der Waals surface area (Å²) in [6.45, 7) is -3.43. The van der Waals surface area contributed by atoms with Crippen molar-refractivity contribution in [3.05, 3.63) is 130 Å². The number of thiazole rings is 1. The fourth-order valence-electron chi connectivity index (χ4n) is 6.08. The molecule has 2 aliphatic rings. The Kier molecular flexibility index (Phi) is 11.2.